The van der Waals surface area contributed by atoms with E-state index in [1.54, 1.807) is 30.3 Å². The summed E-state index contributed by atoms with van der Waals surface area (Å²) in [5.74, 6) is -0.681. The normalized spacial score (nSPS) is 11.0. The number of amides is 2. The van der Waals surface area contributed by atoms with Gasteiger partial charge >= 0.3 is 0 Å². The first kappa shape index (κ1) is 16.7. The van der Waals surface area contributed by atoms with Crippen LogP contribution in [0.25, 0.3) is 0 Å². The molecule has 0 saturated heterocycles. The van der Waals surface area contributed by atoms with Crippen LogP contribution in [-0.2, 0) is 5.41 Å². The molecule has 0 aliphatic carbocycles. The average molecular weight is 310 g/mol. The zero-order chi connectivity index (χ0) is 17.0. The average Bonchev–Trinajstić information content (AvgIpc) is 2.51. The standard InChI is InChI=1S/C19H22N2O2/c1-13-6-5-7-15(12-13)18(23)21-20-17(22)14-8-10-16(11-9-14)19(2,3)4/h5-12H,1-4H3,(H,20,22)(H,21,23). The molecule has 4 heteroatoms. The zero-order valence-electron chi connectivity index (χ0n) is 13.9. The van der Waals surface area contributed by atoms with Crippen molar-refractivity contribution in [3.63, 3.8) is 0 Å². The molecule has 0 heterocycles. The topological polar surface area (TPSA) is 58.2 Å². The lowest BCUT2D eigenvalue weighted by Gasteiger charge is -2.19. The van der Waals surface area contributed by atoms with E-state index in [1.165, 1.54) is 0 Å². The van der Waals surface area contributed by atoms with Crippen LogP contribution in [0.1, 0.15) is 52.6 Å². The molecule has 0 unspecified atom stereocenters. The number of hydrogen-bond donors (Lipinski definition) is 2. The first-order chi connectivity index (χ1) is 10.8. The summed E-state index contributed by atoms with van der Waals surface area (Å²) in [7, 11) is 0. The van der Waals surface area contributed by atoms with E-state index in [4.69, 9.17) is 0 Å². The third-order valence-corrected chi connectivity index (χ3v) is 3.58. The van der Waals surface area contributed by atoms with Crippen LogP contribution in [0.4, 0.5) is 0 Å². The van der Waals surface area contributed by atoms with Crippen molar-refractivity contribution in [1.82, 2.24) is 10.9 Å². The second-order valence-electron chi connectivity index (χ2n) is 6.61. The predicted molar refractivity (Wildman–Crippen MR) is 91.3 cm³/mol. The summed E-state index contributed by atoms with van der Waals surface area (Å²) < 4.78 is 0. The maximum absolute atomic E-state index is 12.1. The Bertz CT molecular complexity index is 713. The highest BCUT2D eigenvalue weighted by atomic mass is 16.2. The minimum atomic E-state index is -0.341. The van der Waals surface area contributed by atoms with Crippen LogP contribution in [-0.4, -0.2) is 11.8 Å². The fraction of sp³-hybridized carbons (Fsp3) is 0.263. The van der Waals surface area contributed by atoms with Gasteiger partial charge in [-0.15, -0.1) is 0 Å². The number of carbonyl (C=O) groups is 2. The highest BCUT2D eigenvalue weighted by molar-refractivity contribution is 5.99. The summed E-state index contributed by atoms with van der Waals surface area (Å²) in [4.78, 5) is 24.1. The third-order valence-electron chi connectivity index (χ3n) is 3.58. The monoisotopic (exact) mass is 310 g/mol. The molecule has 2 N–H and O–H groups in total. The highest BCUT2D eigenvalue weighted by Gasteiger charge is 2.14. The van der Waals surface area contributed by atoms with Gasteiger partial charge in [0.2, 0.25) is 0 Å². The Balaban J connectivity index is 1.98. The molecule has 2 aromatic rings. The molecule has 2 amide bonds. The minimum absolute atomic E-state index is 0.0361. The van der Waals surface area contributed by atoms with Gasteiger partial charge < -0.3 is 0 Å². The molecule has 4 nitrogen and oxygen atoms in total. The van der Waals surface area contributed by atoms with Crippen molar-refractivity contribution in [2.45, 2.75) is 33.1 Å². The Morgan fingerprint density at radius 1 is 0.826 bits per heavy atom. The lowest BCUT2D eigenvalue weighted by molar-refractivity contribution is 0.0846. The lowest BCUT2D eigenvalue weighted by atomic mass is 9.87. The van der Waals surface area contributed by atoms with Crippen molar-refractivity contribution in [3.8, 4) is 0 Å². The first-order valence-corrected chi connectivity index (χ1v) is 7.55. The van der Waals surface area contributed by atoms with Crippen LogP contribution in [0.3, 0.4) is 0 Å². The van der Waals surface area contributed by atoms with Gasteiger partial charge in [-0.05, 0) is 42.2 Å². The van der Waals surface area contributed by atoms with E-state index in [2.05, 4.69) is 31.6 Å². The smallest absolute Gasteiger partial charge is 0.267 e. The molecule has 0 aliphatic heterocycles. The molecule has 0 aromatic heterocycles. The van der Waals surface area contributed by atoms with Crippen LogP contribution in [0.2, 0.25) is 0 Å². The van der Waals surface area contributed by atoms with Gasteiger partial charge in [-0.1, -0.05) is 50.6 Å². The Hall–Kier alpha value is -2.62. The Kier molecular flexibility index (Phi) is 4.84. The lowest BCUT2D eigenvalue weighted by Crippen LogP contribution is -2.41. The molecule has 0 fully saturated rings. The minimum Gasteiger partial charge on any atom is -0.267 e. The van der Waals surface area contributed by atoms with Crippen molar-refractivity contribution in [2.75, 3.05) is 0 Å². The largest absolute Gasteiger partial charge is 0.269 e. The molecule has 0 aliphatic rings. The molecule has 0 atom stereocenters. The van der Waals surface area contributed by atoms with Gasteiger partial charge in [0.05, 0.1) is 0 Å². The van der Waals surface area contributed by atoms with E-state index in [-0.39, 0.29) is 17.2 Å². The van der Waals surface area contributed by atoms with E-state index in [0.29, 0.717) is 11.1 Å². The Morgan fingerprint density at radius 2 is 1.39 bits per heavy atom. The van der Waals surface area contributed by atoms with Crippen molar-refractivity contribution in [1.29, 1.82) is 0 Å². The zero-order valence-corrected chi connectivity index (χ0v) is 13.9. The summed E-state index contributed by atoms with van der Waals surface area (Å²) >= 11 is 0. The number of rotatable bonds is 2. The first-order valence-electron chi connectivity index (χ1n) is 7.55. The molecular formula is C19H22N2O2. The summed E-state index contributed by atoms with van der Waals surface area (Å²) in [5, 5.41) is 0. The Labute approximate surface area is 136 Å². The van der Waals surface area contributed by atoms with Crippen LogP contribution in [0.15, 0.2) is 48.5 Å². The number of benzene rings is 2. The molecule has 23 heavy (non-hydrogen) atoms. The van der Waals surface area contributed by atoms with Crippen LogP contribution < -0.4 is 10.9 Å². The maximum Gasteiger partial charge on any atom is 0.269 e. The van der Waals surface area contributed by atoms with Crippen LogP contribution in [0.5, 0.6) is 0 Å². The SMILES string of the molecule is Cc1cccc(C(=O)NNC(=O)c2ccc(C(C)(C)C)cc2)c1. The highest BCUT2D eigenvalue weighted by Crippen LogP contribution is 2.22. The second kappa shape index (κ2) is 6.65. The molecule has 2 aromatic carbocycles. The number of carbonyl (C=O) groups excluding carboxylic acids is 2. The molecule has 0 bridgehead atoms. The van der Waals surface area contributed by atoms with Gasteiger partial charge in [-0.25, -0.2) is 0 Å². The molecule has 2 rings (SSSR count). The van der Waals surface area contributed by atoms with Crippen molar-refractivity contribution in [3.05, 3.63) is 70.8 Å². The second-order valence-corrected chi connectivity index (χ2v) is 6.61. The summed E-state index contributed by atoms with van der Waals surface area (Å²) in [6, 6.07) is 14.5. The van der Waals surface area contributed by atoms with Crippen LogP contribution in [0, 0.1) is 6.92 Å². The third kappa shape index (κ3) is 4.42. The van der Waals surface area contributed by atoms with E-state index < -0.39 is 0 Å². The maximum atomic E-state index is 12.1. The van der Waals surface area contributed by atoms with E-state index in [0.717, 1.165) is 11.1 Å². The van der Waals surface area contributed by atoms with Gasteiger partial charge in [-0.2, -0.15) is 0 Å². The fourth-order valence-electron chi connectivity index (χ4n) is 2.17. The molecule has 0 spiro atoms. The van der Waals surface area contributed by atoms with E-state index in [1.807, 2.05) is 25.1 Å². The van der Waals surface area contributed by atoms with E-state index >= 15 is 0 Å². The molecular weight excluding hydrogens is 288 g/mol. The number of hydrazine groups is 1. The number of aryl methyl sites for hydroxylation is 1. The fourth-order valence-corrected chi connectivity index (χ4v) is 2.17. The summed E-state index contributed by atoms with van der Waals surface area (Å²) in [6.45, 7) is 8.25. The number of hydrogen-bond acceptors (Lipinski definition) is 2. The van der Waals surface area contributed by atoms with Crippen molar-refractivity contribution >= 4 is 11.8 Å². The molecule has 0 saturated carbocycles. The molecule has 120 valence electrons. The van der Waals surface area contributed by atoms with Gasteiger partial charge in [0.1, 0.15) is 0 Å². The van der Waals surface area contributed by atoms with Gasteiger partial charge in [0.25, 0.3) is 11.8 Å². The van der Waals surface area contributed by atoms with Gasteiger partial charge in [-0.3, -0.25) is 20.4 Å². The predicted octanol–water partition coefficient (Wildman–Crippen LogP) is 3.37. The van der Waals surface area contributed by atoms with Crippen molar-refractivity contribution in [2.24, 2.45) is 0 Å². The van der Waals surface area contributed by atoms with Crippen LogP contribution >= 0.6 is 0 Å². The quantitative estimate of drug-likeness (QED) is 0.836. The van der Waals surface area contributed by atoms with E-state index in [9.17, 15) is 9.59 Å². The summed E-state index contributed by atoms with van der Waals surface area (Å²) in [5.41, 5.74) is 8.05. The van der Waals surface area contributed by atoms with Crippen molar-refractivity contribution < 1.29 is 9.59 Å². The Morgan fingerprint density at radius 3 is 1.91 bits per heavy atom. The molecule has 0 radical (unpaired) electrons. The van der Waals surface area contributed by atoms with Gasteiger partial charge in [0.15, 0.2) is 0 Å². The summed E-state index contributed by atoms with van der Waals surface area (Å²) in [6.07, 6.45) is 0. The van der Waals surface area contributed by atoms with Gasteiger partial charge in [0, 0.05) is 11.1 Å². The number of nitrogens with one attached hydrogen (secondary N) is 2.